The van der Waals surface area contributed by atoms with Gasteiger partial charge in [0, 0.05) is 6.42 Å². The third-order valence-corrected chi connectivity index (χ3v) is 2.38. The fourth-order valence-corrected chi connectivity index (χ4v) is 1.59. The fraction of sp³-hybridized carbons (Fsp3) is 0.385. The first-order valence-electron chi connectivity index (χ1n) is 5.32. The second-order valence-electron chi connectivity index (χ2n) is 3.73. The van der Waals surface area contributed by atoms with Gasteiger partial charge in [-0.05, 0) is 12.5 Å². The molecule has 1 aromatic rings. The highest BCUT2D eigenvalue weighted by molar-refractivity contribution is 5.13. The summed E-state index contributed by atoms with van der Waals surface area (Å²) in [5.74, 6) is 0. The Hall–Kier alpha value is -1.12. The summed E-state index contributed by atoms with van der Waals surface area (Å²) >= 11 is 0. The van der Waals surface area contributed by atoms with Gasteiger partial charge in [0.2, 0.25) is 0 Å². The Morgan fingerprint density at radius 3 is 2.87 bits per heavy atom. The zero-order valence-corrected chi connectivity index (χ0v) is 8.93. The molecular formula is C13H16O2. The van der Waals surface area contributed by atoms with Gasteiger partial charge >= 0.3 is 0 Å². The Labute approximate surface area is 90.5 Å². The summed E-state index contributed by atoms with van der Waals surface area (Å²) in [6.07, 6.45) is 5.09. The van der Waals surface area contributed by atoms with Crippen LogP contribution in [0.4, 0.5) is 0 Å². The van der Waals surface area contributed by atoms with Crippen LogP contribution in [-0.4, -0.2) is 12.4 Å². The minimum Gasteiger partial charge on any atom is -0.348 e. The Morgan fingerprint density at radius 1 is 1.33 bits per heavy atom. The average molecular weight is 204 g/mol. The summed E-state index contributed by atoms with van der Waals surface area (Å²) in [5.41, 5.74) is 1.18. The molecule has 0 fully saturated rings. The van der Waals surface area contributed by atoms with Crippen LogP contribution in [-0.2, 0) is 16.1 Å². The van der Waals surface area contributed by atoms with Crippen LogP contribution in [0.2, 0.25) is 0 Å². The molecule has 2 rings (SSSR count). The van der Waals surface area contributed by atoms with Crippen molar-refractivity contribution in [2.45, 2.75) is 32.3 Å². The first kappa shape index (κ1) is 10.4. The van der Waals surface area contributed by atoms with E-state index in [0.29, 0.717) is 6.61 Å². The van der Waals surface area contributed by atoms with E-state index < -0.39 is 0 Å². The third kappa shape index (κ3) is 3.18. The number of ether oxygens (including phenoxy) is 2. The molecule has 1 aliphatic heterocycles. The van der Waals surface area contributed by atoms with Crippen molar-refractivity contribution in [1.29, 1.82) is 0 Å². The van der Waals surface area contributed by atoms with E-state index in [1.165, 1.54) is 5.56 Å². The smallest absolute Gasteiger partial charge is 0.162 e. The molecule has 0 saturated carbocycles. The van der Waals surface area contributed by atoms with Crippen LogP contribution in [0.1, 0.15) is 18.9 Å². The molecule has 0 radical (unpaired) electrons. The van der Waals surface area contributed by atoms with Crippen LogP contribution in [0.15, 0.2) is 42.5 Å². The Balaban J connectivity index is 1.81. The lowest BCUT2D eigenvalue weighted by molar-refractivity contribution is -0.165. The molecule has 0 spiro atoms. The largest absolute Gasteiger partial charge is 0.348 e. The van der Waals surface area contributed by atoms with Gasteiger partial charge in [0.1, 0.15) is 0 Å². The number of benzene rings is 1. The van der Waals surface area contributed by atoms with Crippen molar-refractivity contribution in [3.05, 3.63) is 48.0 Å². The zero-order chi connectivity index (χ0) is 10.5. The summed E-state index contributed by atoms with van der Waals surface area (Å²) in [6, 6.07) is 10.2. The van der Waals surface area contributed by atoms with E-state index in [4.69, 9.17) is 9.47 Å². The molecule has 0 bridgehead atoms. The molecule has 80 valence electrons. The highest BCUT2D eigenvalue weighted by Crippen LogP contribution is 2.14. The molecule has 15 heavy (non-hydrogen) atoms. The second-order valence-corrected chi connectivity index (χ2v) is 3.73. The van der Waals surface area contributed by atoms with Crippen LogP contribution in [0.3, 0.4) is 0 Å². The van der Waals surface area contributed by atoms with E-state index in [2.05, 4.69) is 24.3 Å². The van der Waals surface area contributed by atoms with E-state index >= 15 is 0 Å². The van der Waals surface area contributed by atoms with E-state index in [9.17, 15) is 0 Å². The van der Waals surface area contributed by atoms with E-state index in [-0.39, 0.29) is 12.4 Å². The van der Waals surface area contributed by atoms with Crippen molar-refractivity contribution in [3.8, 4) is 0 Å². The molecule has 0 amide bonds. The van der Waals surface area contributed by atoms with Crippen molar-refractivity contribution in [2.75, 3.05) is 0 Å². The average Bonchev–Trinajstić information content (AvgIpc) is 2.28. The minimum absolute atomic E-state index is 0.0924. The maximum Gasteiger partial charge on any atom is 0.162 e. The first-order valence-corrected chi connectivity index (χ1v) is 5.32. The van der Waals surface area contributed by atoms with Gasteiger partial charge in [-0.1, -0.05) is 42.5 Å². The lowest BCUT2D eigenvalue weighted by atomic mass is 10.2. The lowest BCUT2D eigenvalue weighted by Gasteiger charge is -2.23. The maximum absolute atomic E-state index is 5.67. The fourth-order valence-electron chi connectivity index (χ4n) is 1.59. The predicted molar refractivity (Wildman–Crippen MR) is 59.3 cm³/mol. The SMILES string of the molecule is C[C@@H]1C=CC[C@H](OCc2ccccc2)O1. The van der Waals surface area contributed by atoms with Crippen molar-refractivity contribution in [3.63, 3.8) is 0 Å². The van der Waals surface area contributed by atoms with Gasteiger partial charge in [-0.3, -0.25) is 0 Å². The van der Waals surface area contributed by atoms with E-state index in [1.54, 1.807) is 0 Å². The topological polar surface area (TPSA) is 18.5 Å². The van der Waals surface area contributed by atoms with Gasteiger partial charge < -0.3 is 9.47 Å². The van der Waals surface area contributed by atoms with E-state index in [0.717, 1.165) is 6.42 Å². The molecule has 0 unspecified atom stereocenters. The van der Waals surface area contributed by atoms with Gasteiger partial charge in [0.05, 0.1) is 12.7 Å². The van der Waals surface area contributed by atoms with Crippen molar-refractivity contribution in [2.24, 2.45) is 0 Å². The molecule has 0 aliphatic carbocycles. The van der Waals surface area contributed by atoms with Crippen molar-refractivity contribution >= 4 is 0 Å². The van der Waals surface area contributed by atoms with E-state index in [1.807, 2.05) is 25.1 Å². The molecule has 1 heterocycles. The molecule has 0 aromatic heterocycles. The monoisotopic (exact) mass is 204 g/mol. The van der Waals surface area contributed by atoms with Crippen LogP contribution in [0.5, 0.6) is 0 Å². The summed E-state index contributed by atoms with van der Waals surface area (Å²) < 4.78 is 11.3. The molecule has 0 saturated heterocycles. The molecule has 1 aliphatic rings. The maximum atomic E-state index is 5.67. The van der Waals surface area contributed by atoms with Crippen molar-refractivity contribution < 1.29 is 9.47 Å². The number of hydrogen-bond donors (Lipinski definition) is 0. The van der Waals surface area contributed by atoms with Gasteiger partial charge in [-0.2, -0.15) is 0 Å². The van der Waals surface area contributed by atoms with Gasteiger partial charge in [0.25, 0.3) is 0 Å². The molecule has 0 N–H and O–H groups in total. The summed E-state index contributed by atoms with van der Waals surface area (Å²) in [7, 11) is 0. The highest BCUT2D eigenvalue weighted by atomic mass is 16.7. The zero-order valence-electron chi connectivity index (χ0n) is 8.93. The normalized spacial score (nSPS) is 25.4. The standard InChI is InChI=1S/C13H16O2/c1-11-6-5-9-13(15-11)14-10-12-7-3-2-4-8-12/h2-8,11,13H,9-10H2,1H3/t11-,13-/m1/s1. The Bertz CT molecular complexity index is 319. The van der Waals surface area contributed by atoms with Crippen LogP contribution >= 0.6 is 0 Å². The van der Waals surface area contributed by atoms with Crippen molar-refractivity contribution in [1.82, 2.24) is 0 Å². The number of hydrogen-bond acceptors (Lipinski definition) is 2. The summed E-state index contributed by atoms with van der Waals surface area (Å²) in [5, 5.41) is 0. The molecular weight excluding hydrogens is 188 g/mol. The second kappa shape index (κ2) is 5.10. The van der Waals surface area contributed by atoms with Crippen LogP contribution in [0.25, 0.3) is 0 Å². The molecule has 2 atom stereocenters. The highest BCUT2D eigenvalue weighted by Gasteiger charge is 2.14. The quantitative estimate of drug-likeness (QED) is 0.705. The summed E-state index contributed by atoms with van der Waals surface area (Å²) in [6.45, 7) is 2.64. The summed E-state index contributed by atoms with van der Waals surface area (Å²) in [4.78, 5) is 0. The minimum atomic E-state index is -0.0924. The Kier molecular flexibility index (Phi) is 3.54. The first-order chi connectivity index (χ1) is 7.34. The molecule has 1 aromatic carbocycles. The van der Waals surface area contributed by atoms with Gasteiger partial charge in [-0.15, -0.1) is 0 Å². The van der Waals surface area contributed by atoms with Crippen LogP contribution in [0, 0.1) is 0 Å². The van der Waals surface area contributed by atoms with Gasteiger partial charge in [-0.25, -0.2) is 0 Å². The molecule has 2 heteroatoms. The predicted octanol–water partition coefficient (Wildman–Crippen LogP) is 2.89. The number of rotatable bonds is 3. The molecule has 2 nitrogen and oxygen atoms in total. The Morgan fingerprint density at radius 2 is 2.13 bits per heavy atom. The third-order valence-electron chi connectivity index (χ3n) is 2.38. The lowest BCUT2D eigenvalue weighted by Crippen LogP contribution is -2.24. The van der Waals surface area contributed by atoms with Crippen LogP contribution < -0.4 is 0 Å². The van der Waals surface area contributed by atoms with Gasteiger partial charge in [0.15, 0.2) is 6.29 Å².